The Balaban J connectivity index is 2.32. The van der Waals surface area contributed by atoms with Crippen molar-refractivity contribution in [3.05, 3.63) is 24.4 Å². The molecule has 1 N–H and O–H groups in total. The first kappa shape index (κ1) is 15.2. The van der Waals surface area contributed by atoms with Crippen LogP contribution in [0.3, 0.4) is 0 Å². The second-order valence-corrected chi connectivity index (χ2v) is 6.28. The monoisotopic (exact) mass is 269 g/mol. The fraction of sp³-hybridized carbons (Fsp3) is 0.643. The van der Waals surface area contributed by atoms with Gasteiger partial charge >= 0.3 is 5.97 Å². The average molecular weight is 269 g/mol. The van der Waals surface area contributed by atoms with Crippen molar-refractivity contribution in [3.8, 4) is 0 Å². The maximum Gasteiger partial charge on any atom is 0.330 e. The van der Waals surface area contributed by atoms with Gasteiger partial charge in [0.2, 0.25) is 0 Å². The number of hydrogen-bond acceptors (Lipinski definition) is 4. The molecular weight excluding hydrogens is 246 g/mol. The SMILES string of the molecule is C=C(CCC(=C)C(C)C)NC1CSC(C)OC1=O. The lowest BCUT2D eigenvalue weighted by Crippen LogP contribution is -2.43. The van der Waals surface area contributed by atoms with Gasteiger partial charge in [0, 0.05) is 11.4 Å². The van der Waals surface area contributed by atoms with Crippen molar-refractivity contribution in [3.63, 3.8) is 0 Å². The fourth-order valence-electron chi connectivity index (χ4n) is 1.60. The van der Waals surface area contributed by atoms with Crippen LogP contribution in [0.5, 0.6) is 0 Å². The van der Waals surface area contributed by atoms with E-state index in [2.05, 4.69) is 32.3 Å². The van der Waals surface area contributed by atoms with E-state index in [0.717, 1.165) is 24.3 Å². The minimum atomic E-state index is -0.258. The summed E-state index contributed by atoms with van der Waals surface area (Å²) in [6, 6.07) is -0.258. The van der Waals surface area contributed by atoms with E-state index >= 15 is 0 Å². The molecule has 102 valence electrons. The van der Waals surface area contributed by atoms with Crippen LogP contribution in [0.25, 0.3) is 0 Å². The zero-order valence-electron chi connectivity index (χ0n) is 11.5. The van der Waals surface area contributed by atoms with Crippen molar-refractivity contribution in [2.45, 2.75) is 45.1 Å². The summed E-state index contributed by atoms with van der Waals surface area (Å²) in [4.78, 5) is 11.6. The van der Waals surface area contributed by atoms with Crippen LogP contribution in [0.2, 0.25) is 0 Å². The molecule has 1 aliphatic rings. The molecule has 0 radical (unpaired) electrons. The molecule has 1 saturated heterocycles. The van der Waals surface area contributed by atoms with E-state index < -0.39 is 0 Å². The van der Waals surface area contributed by atoms with E-state index in [-0.39, 0.29) is 17.4 Å². The summed E-state index contributed by atoms with van der Waals surface area (Å²) < 4.78 is 5.17. The molecule has 0 bridgehead atoms. The van der Waals surface area contributed by atoms with Crippen molar-refractivity contribution >= 4 is 17.7 Å². The van der Waals surface area contributed by atoms with Crippen molar-refractivity contribution in [1.29, 1.82) is 0 Å². The molecule has 0 saturated carbocycles. The number of ether oxygens (including phenoxy) is 1. The summed E-state index contributed by atoms with van der Waals surface area (Å²) >= 11 is 1.64. The highest BCUT2D eigenvalue weighted by Gasteiger charge is 2.28. The summed E-state index contributed by atoms with van der Waals surface area (Å²) in [7, 11) is 0. The van der Waals surface area contributed by atoms with Gasteiger partial charge < -0.3 is 10.1 Å². The van der Waals surface area contributed by atoms with Crippen LogP contribution in [0.1, 0.15) is 33.6 Å². The predicted octanol–water partition coefficient (Wildman–Crippen LogP) is 3.09. The maximum atomic E-state index is 11.6. The largest absolute Gasteiger partial charge is 0.450 e. The summed E-state index contributed by atoms with van der Waals surface area (Å²) in [5.74, 6) is 1.06. The van der Waals surface area contributed by atoms with E-state index in [1.54, 1.807) is 11.8 Å². The number of thioether (sulfide) groups is 1. The van der Waals surface area contributed by atoms with Crippen LogP contribution < -0.4 is 5.32 Å². The zero-order valence-corrected chi connectivity index (χ0v) is 12.3. The number of cyclic esters (lactones) is 1. The predicted molar refractivity (Wildman–Crippen MR) is 77.3 cm³/mol. The quantitative estimate of drug-likeness (QED) is 0.594. The van der Waals surface area contributed by atoms with Crippen LogP contribution in [-0.2, 0) is 9.53 Å². The van der Waals surface area contributed by atoms with Crippen molar-refractivity contribution in [2.24, 2.45) is 5.92 Å². The Morgan fingerprint density at radius 1 is 1.50 bits per heavy atom. The number of esters is 1. The molecular formula is C14H23NO2S. The van der Waals surface area contributed by atoms with Gasteiger partial charge in [0.25, 0.3) is 0 Å². The minimum absolute atomic E-state index is 0.0375. The Morgan fingerprint density at radius 2 is 2.17 bits per heavy atom. The fourth-order valence-corrected chi connectivity index (χ4v) is 2.44. The second kappa shape index (κ2) is 6.88. The van der Waals surface area contributed by atoms with Gasteiger partial charge in [-0.25, -0.2) is 4.79 Å². The molecule has 0 aromatic carbocycles. The van der Waals surface area contributed by atoms with Crippen LogP contribution in [0.4, 0.5) is 0 Å². The molecule has 1 heterocycles. The first-order chi connectivity index (χ1) is 8.40. The second-order valence-electron chi connectivity index (χ2n) is 4.95. The van der Waals surface area contributed by atoms with Crippen LogP contribution in [0.15, 0.2) is 24.4 Å². The molecule has 2 unspecified atom stereocenters. The van der Waals surface area contributed by atoms with Crippen LogP contribution in [0, 0.1) is 5.92 Å². The summed E-state index contributed by atoms with van der Waals surface area (Å²) in [5, 5.41) is 3.15. The molecule has 0 aliphatic carbocycles. The number of nitrogens with one attached hydrogen (secondary N) is 1. The third-order valence-corrected chi connectivity index (χ3v) is 4.10. The smallest absolute Gasteiger partial charge is 0.330 e. The van der Waals surface area contributed by atoms with Gasteiger partial charge in [-0.05, 0) is 25.7 Å². The van der Waals surface area contributed by atoms with E-state index in [1.807, 2.05) is 6.92 Å². The van der Waals surface area contributed by atoms with Gasteiger partial charge in [0.1, 0.15) is 11.5 Å². The highest BCUT2D eigenvalue weighted by molar-refractivity contribution is 7.99. The Morgan fingerprint density at radius 3 is 2.72 bits per heavy atom. The van der Waals surface area contributed by atoms with Crippen LogP contribution >= 0.6 is 11.8 Å². The molecule has 1 fully saturated rings. The van der Waals surface area contributed by atoms with E-state index in [0.29, 0.717) is 5.92 Å². The van der Waals surface area contributed by atoms with Crippen LogP contribution in [-0.4, -0.2) is 23.2 Å². The van der Waals surface area contributed by atoms with Gasteiger partial charge in [-0.3, -0.25) is 0 Å². The summed E-state index contributed by atoms with van der Waals surface area (Å²) in [6.45, 7) is 14.2. The zero-order chi connectivity index (χ0) is 13.7. The van der Waals surface area contributed by atoms with Gasteiger partial charge in [-0.1, -0.05) is 32.6 Å². The number of carbonyl (C=O) groups is 1. The lowest BCUT2D eigenvalue weighted by Gasteiger charge is -2.27. The highest BCUT2D eigenvalue weighted by atomic mass is 32.2. The highest BCUT2D eigenvalue weighted by Crippen LogP contribution is 2.21. The first-order valence-electron chi connectivity index (χ1n) is 6.34. The van der Waals surface area contributed by atoms with Crippen molar-refractivity contribution in [2.75, 3.05) is 5.75 Å². The normalized spacial score (nSPS) is 23.7. The Bertz CT molecular complexity index is 339. The molecule has 1 rings (SSSR count). The molecule has 2 atom stereocenters. The molecule has 4 heteroatoms. The van der Waals surface area contributed by atoms with E-state index in [1.165, 1.54) is 5.57 Å². The van der Waals surface area contributed by atoms with Gasteiger partial charge in [0.05, 0.1) is 0 Å². The number of hydrogen-bond donors (Lipinski definition) is 1. The molecule has 0 spiro atoms. The number of allylic oxidation sites excluding steroid dienone is 2. The lowest BCUT2D eigenvalue weighted by molar-refractivity contribution is -0.147. The first-order valence-corrected chi connectivity index (χ1v) is 7.39. The third kappa shape index (κ3) is 4.77. The van der Waals surface area contributed by atoms with Gasteiger partial charge in [-0.15, -0.1) is 11.8 Å². The van der Waals surface area contributed by atoms with E-state index in [9.17, 15) is 4.79 Å². The molecule has 0 amide bonds. The van der Waals surface area contributed by atoms with Gasteiger partial charge in [-0.2, -0.15) is 0 Å². The van der Waals surface area contributed by atoms with Gasteiger partial charge in [0.15, 0.2) is 0 Å². The third-order valence-electron chi connectivity index (χ3n) is 3.01. The Kier molecular flexibility index (Phi) is 5.79. The number of carbonyl (C=O) groups excluding carboxylic acids is 1. The minimum Gasteiger partial charge on any atom is -0.450 e. The molecule has 3 nitrogen and oxygen atoms in total. The number of rotatable bonds is 6. The standard InChI is InChI=1S/C14H23NO2S/c1-9(2)10(3)6-7-11(4)15-13-8-18-12(5)17-14(13)16/h9,12-13,15H,3-4,6-8H2,1-2,5H3. The Labute approximate surface area is 114 Å². The van der Waals surface area contributed by atoms with E-state index in [4.69, 9.17) is 4.74 Å². The molecule has 1 aliphatic heterocycles. The molecule has 0 aromatic heterocycles. The molecule has 18 heavy (non-hydrogen) atoms. The maximum absolute atomic E-state index is 11.6. The van der Waals surface area contributed by atoms with Crippen molar-refractivity contribution < 1.29 is 9.53 Å². The van der Waals surface area contributed by atoms with Crippen molar-refractivity contribution in [1.82, 2.24) is 5.32 Å². The molecule has 0 aromatic rings. The summed E-state index contributed by atoms with van der Waals surface area (Å²) in [5.41, 5.74) is 2.06. The summed E-state index contributed by atoms with van der Waals surface area (Å²) in [6.07, 6.45) is 1.73. The topological polar surface area (TPSA) is 38.3 Å². The average Bonchev–Trinajstić information content (AvgIpc) is 2.29. The lowest BCUT2D eigenvalue weighted by atomic mass is 9.99. The Hall–Kier alpha value is -0.900.